The molecule has 0 saturated carbocycles. The van der Waals surface area contributed by atoms with Gasteiger partial charge in [0, 0.05) is 43.8 Å². The lowest BCUT2D eigenvalue weighted by Gasteiger charge is -2.22. The Hall–Kier alpha value is -2.79. The van der Waals surface area contributed by atoms with Gasteiger partial charge in [-0.05, 0) is 36.2 Å². The van der Waals surface area contributed by atoms with Gasteiger partial charge in [0.2, 0.25) is 0 Å². The molecule has 3 rings (SSSR count). The maximum absolute atomic E-state index is 13.2. The van der Waals surface area contributed by atoms with Crippen LogP contribution in [-0.2, 0) is 26.2 Å². The third-order valence-electron chi connectivity index (χ3n) is 4.21. The van der Waals surface area contributed by atoms with Gasteiger partial charge in [-0.15, -0.1) is 6.58 Å². The Morgan fingerprint density at radius 3 is 2.58 bits per heavy atom. The van der Waals surface area contributed by atoms with E-state index in [2.05, 4.69) is 33.8 Å². The van der Waals surface area contributed by atoms with Crippen LogP contribution in [-0.4, -0.2) is 19.7 Å². The Labute approximate surface area is 153 Å². The van der Waals surface area contributed by atoms with E-state index in [1.807, 2.05) is 42.1 Å². The molecular weight excluding hydrogens is 327 g/mol. The van der Waals surface area contributed by atoms with Crippen LogP contribution in [0.25, 0.3) is 0 Å². The van der Waals surface area contributed by atoms with E-state index in [9.17, 15) is 4.39 Å². The van der Waals surface area contributed by atoms with Gasteiger partial charge in [-0.25, -0.2) is 4.39 Å². The van der Waals surface area contributed by atoms with Gasteiger partial charge >= 0.3 is 0 Å². The predicted molar refractivity (Wildman–Crippen MR) is 101 cm³/mol. The van der Waals surface area contributed by atoms with Crippen LogP contribution < -0.4 is 0 Å². The summed E-state index contributed by atoms with van der Waals surface area (Å²) in [6, 6.07) is 10.7. The van der Waals surface area contributed by atoms with E-state index in [-0.39, 0.29) is 5.82 Å². The summed E-state index contributed by atoms with van der Waals surface area (Å²) in [4.78, 5) is 6.52. The SMILES string of the molecule is C=CCn1cc(CN(Cc2ccc(F)cc2)Cc2cccnc2)c(C)n1. The number of aryl methyl sites for hydroxylation is 1. The standard InChI is InChI=1S/C21H23FN4/c1-3-11-26-16-20(17(2)24-26)15-25(14-19-5-4-10-23-12-19)13-18-6-8-21(22)9-7-18/h3-10,12,16H,1,11,13-15H2,2H3. The maximum atomic E-state index is 13.2. The van der Waals surface area contributed by atoms with E-state index >= 15 is 0 Å². The number of aromatic nitrogens is 3. The Morgan fingerprint density at radius 2 is 1.88 bits per heavy atom. The van der Waals surface area contributed by atoms with E-state index in [4.69, 9.17) is 0 Å². The first-order valence-electron chi connectivity index (χ1n) is 8.63. The van der Waals surface area contributed by atoms with Gasteiger partial charge < -0.3 is 0 Å². The van der Waals surface area contributed by atoms with Crippen molar-refractivity contribution in [2.75, 3.05) is 0 Å². The zero-order chi connectivity index (χ0) is 18.4. The predicted octanol–water partition coefficient (Wildman–Crippen LogP) is 4.11. The van der Waals surface area contributed by atoms with E-state index in [1.165, 1.54) is 17.7 Å². The van der Waals surface area contributed by atoms with Gasteiger partial charge in [0.25, 0.3) is 0 Å². The largest absolute Gasteiger partial charge is 0.290 e. The summed E-state index contributed by atoms with van der Waals surface area (Å²) >= 11 is 0. The Bertz CT molecular complexity index is 840. The molecule has 0 aliphatic rings. The molecule has 0 bridgehead atoms. The van der Waals surface area contributed by atoms with Crippen molar-refractivity contribution in [2.45, 2.75) is 33.1 Å². The molecule has 4 nitrogen and oxygen atoms in total. The van der Waals surface area contributed by atoms with Gasteiger partial charge in [0.1, 0.15) is 5.82 Å². The molecule has 2 heterocycles. The summed E-state index contributed by atoms with van der Waals surface area (Å²) in [5, 5.41) is 4.54. The fraction of sp³-hybridized carbons (Fsp3) is 0.238. The van der Waals surface area contributed by atoms with Crippen molar-refractivity contribution in [3.63, 3.8) is 0 Å². The van der Waals surface area contributed by atoms with Gasteiger partial charge in [-0.3, -0.25) is 14.6 Å². The zero-order valence-electron chi connectivity index (χ0n) is 15.0. The lowest BCUT2D eigenvalue weighted by molar-refractivity contribution is 0.247. The first-order valence-corrected chi connectivity index (χ1v) is 8.63. The minimum absolute atomic E-state index is 0.214. The third kappa shape index (κ3) is 4.86. The average Bonchev–Trinajstić information content (AvgIpc) is 2.97. The molecular formula is C21H23FN4. The average molecular weight is 350 g/mol. The van der Waals surface area contributed by atoms with Gasteiger partial charge in [-0.1, -0.05) is 24.3 Å². The molecule has 134 valence electrons. The summed E-state index contributed by atoms with van der Waals surface area (Å²) in [5.74, 6) is -0.214. The van der Waals surface area contributed by atoms with Crippen molar-refractivity contribution >= 4 is 0 Å². The fourth-order valence-corrected chi connectivity index (χ4v) is 2.95. The van der Waals surface area contributed by atoms with Crippen LogP contribution in [0, 0.1) is 12.7 Å². The second-order valence-electron chi connectivity index (χ2n) is 6.38. The first kappa shape index (κ1) is 18.0. The molecule has 0 N–H and O–H groups in total. The number of hydrogen-bond acceptors (Lipinski definition) is 3. The van der Waals surface area contributed by atoms with Gasteiger partial charge in [0.15, 0.2) is 0 Å². The molecule has 0 atom stereocenters. The summed E-state index contributed by atoms with van der Waals surface area (Å²) in [5.41, 5.74) is 4.41. The van der Waals surface area contributed by atoms with E-state index in [0.29, 0.717) is 6.54 Å². The molecule has 0 aliphatic heterocycles. The van der Waals surface area contributed by atoms with Crippen LogP contribution in [0.5, 0.6) is 0 Å². The summed E-state index contributed by atoms with van der Waals surface area (Å²) in [6.45, 7) is 8.73. The smallest absolute Gasteiger partial charge is 0.123 e. The molecule has 0 unspecified atom stereocenters. The topological polar surface area (TPSA) is 34.0 Å². The minimum Gasteiger partial charge on any atom is -0.290 e. The van der Waals surface area contributed by atoms with Crippen LogP contribution >= 0.6 is 0 Å². The lowest BCUT2D eigenvalue weighted by Crippen LogP contribution is -2.22. The molecule has 0 aliphatic carbocycles. The molecule has 0 spiro atoms. The van der Waals surface area contributed by atoms with Crippen molar-refractivity contribution < 1.29 is 4.39 Å². The Balaban J connectivity index is 1.79. The molecule has 0 radical (unpaired) electrons. The highest BCUT2D eigenvalue weighted by atomic mass is 19.1. The van der Waals surface area contributed by atoms with Crippen LogP contribution in [0.15, 0.2) is 67.6 Å². The van der Waals surface area contributed by atoms with Crippen LogP contribution in [0.4, 0.5) is 4.39 Å². The molecule has 0 saturated heterocycles. The van der Waals surface area contributed by atoms with Crippen molar-refractivity contribution in [3.05, 3.63) is 95.8 Å². The van der Waals surface area contributed by atoms with E-state index < -0.39 is 0 Å². The molecule has 1 aromatic carbocycles. The molecule has 3 aromatic rings. The third-order valence-corrected chi connectivity index (χ3v) is 4.21. The highest BCUT2D eigenvalue weighted by molar-refractivity contribution is 5.19. The second-order valence-corrected chi connectivity index (χ2v) is 6.38. The van der Waals surface area contributed by atoms with Crippen LogP contribution in [0.2, 0.25) is 0 Å². The van der Waals surface area contributed by atoms with Crippen LogP contribution in [0.1, 0.15) is 22.4 Å². The Kier molecular flexibility index (Phi) is 5.92. The number of pyridine rings is 1. The molecule has 5 heteroatoms. The lowest BCUT2D eigenvalue weighted by atomic mass is 10.1. The number of rotatable bonds is 8. The highest BCUT2D eigenvalue weighted by Gasteiger charge is 2.12. The fourth-order valence-electron chi connectivity index (χ4n) is 2.95. The van der Waals surface area contributed by atoms with Crippen molar-refractivity contribution in [3.8, 4) is 0 Å². The number of benzene rings is 1. The first-order chi connectivity index (χ1) is 12.6. The van der Waals surface area contributed by atoms with E-state index in [0.717, 1.165) is 36.5 Å². The molecule has 2 aromatic heterocycles. The number of halogens is 1. The van der Waals surface area contributed by atoms with Crippen LogP contribution in [0.3, 0.4) is 0 Å². The van der Waals surface area contributed by atoms with Crippen molar-refractivity contribution in [1.82, 2.24) is 19.7 Å². The summed E-state index contributed by atoms with van der Waals surface area (Å²) < 4.78 is 15.1. The van der Waals surface area contributed by atoms with Gasteiger partial charge in [0.05, 0.1) is 12.2 Å². The van der Waals surface area contributed by atoms with Crippen molar-refractivity contribution in [1.29, 1.82) is 0 Å². The zero-order valence-corrected chi connectivity index (χ0v) is 15.0. The van der Waals surface area contributed by atoms with Crippen molar-refractivity contribution in [2.24, 2.45) is 0 Å². The summed E-state index contributed by atoms with van der Waals surface area (Å²) in [7, 11) is 0. The molecule has 26 heavy (non-hydrogen) atoms. The molecule has 0 fully saturated rings. The second kappa shape index (κ2) is 8.54. The number of allylic oxidation sites excluding steroid dienone is 1. The Morgan fingerprint density at radius 1 is 1.12 bits per heavy atom. The quantitative estimate of drug-likeness (QED) is 0.573. The normalized spacial score (nSPS) is 11.0. The number of nitrogens with zero attached hydrogens (tertiary/aromatic N) is 4. The highest BCUT2D eigenvalue weighted by Crippen LogP contribution is 2.16. The summed E-state index contributed by atoms with van der Waals surface area (Å²) in [6.07, 6.45) is 7.56. The van der Waals surface area contributed by atoms with Gasteiger partial charge in [-0.2, -0.15) is 5.10 Å². The maximum Gasteiger partial charge on any atom is 0.123 e. The minimum atomic E-state index is -0.214. The van der Waals surface area contributed by atoms with E-state index in [1.54, 1.807) is 6.20 Å². The monoisotopic (exact) mass is 350 g/mol. The molecule has 0 amide bonds. The number of hydrogen-bond donors (Lipinski definition) is 0.